The van der Waals surface area contributed by atoms with Crippen LogP contribution in [-0.4, -0.2) is 54.7 Å². The van der Waals surface area contributed by atoms with Crippen molar-refractivity contribution in [3.05, 3.63) is 29.8 Å². The fraction of sp³-hybridized carbons (Fsp3) is 0.556. The van der Waals surface area contributed by atoms with Gasteiger partial charge in [0.15, 0.2) is 0 Å². The monoisotopic (exact) mass is 334 g/mol. The highest BCUT2D eigenvalue weighted by atomic mass is 16.5. The molecule has 24 heavy (non-hydrogen) atoms. The third-order valence-corrected chi connectivity index (χ3v) is 4.21. The van der Waals surface area contributed by atoms with Crippen molar-refractivity contribution in [2.24, 2.45) is 5.92 Å². The second-order valence-electron chi connectivity index (χ2n) is 6.26. The van der Waals surface area contributed by atoms with Crippen LogP contribution >= 0.6 is 0 Å². The van der Waals surface area contributed by atoms with Crippen molar-refractivity contribution in [2.75, 3.05) is 32.8 Å². The highest BCUT2D eigenvalue weighted by Crippen LogP contribution is 2.16. The molecule has 0 aromatic heterocycles. The number of carbonyl (C=O) groups is 2. The Morgan fingerprint density at radius 3 is 2.75 bits per heavy atom. The van der Waals surface area contributed by atoms with E-state index < -0.39 is 5.97 Å². The molecule has 1 aromatic carbocycles. The fourth-order valence-corrected chi connectivity index (χ4v) is 2.79. The maximum atomic E-state index is 11.9. The summed E-state index contributed by atoms with van der Waals surface area (Å²) in [5.41, 5.74) is 1.16. The van der Waals surface area contributed by atoms with Crippen molar-refractivity contribution in [3.63, 3.8) is 0 Å². The number of carbonyl (C=O) groups excluding carboxylic acids is 1. The number of hydrogen-bond acceptors (Lipinski definition) is 4. The van der Waals surface area contributed by atoms with Gasteiger partial charge in [-0.2, -0.15) is 0 Å². The number of carboxylic acids is 1. The van der Waals surface area contributed by atoms with Gasteiger partial charge in [-0.3, -0.25) is 14.5 Å². The lowest BCUT2D eigenvalue weighted by Crippen LogP contribution is -2.42. The number of likely N-dealkylation sites (tertiary alicyclic amines) is 1. The average molecular weight is 334 g/mol. The summed E-state index contributed by atoms with van der Waals surface area (Å²) < 4.78 is 5.64. The van der Waals surface area contributed by atoms with E-state index in [-0.39, 0.29) is 11.8 Å². The Morgan fingerprint density at radius 1 is 1.33 bits per heavy atom. The Hall–Kier alpha value is -2.08. The second kappa shape index (κ2) is 9.27. The van der Waals surface area contributed by atoms with Gasteiger partial charge >= 0.3 is 5.97 Å². The number of ether oxygens (including phenoxy) is 1. The zero-order valence-electron chi connectivity index (χ0n) is 14.2. The molecular formula is C18H26N2O4. The van der Waals surface area contributed by atoms with E-state index in [4.69, 9.17) is 9.84 Å². The van der Waals surface area contributed by atoms with E-state index in [0.717, 1.165) is 17.7 Å². The van der Waals surface area contributed by atoms with Crippen molar-refractivity contribution >= 4 is 11.9 Å². The van der Waals surface area contributed by atoms with Crippen LogP contribution in [0.3, 0.4) is 0 Å². The SMILES string of the molecule is Cc1cccc(OCCCNC(=O)CN2CCC(C(=O)O)CC2)c1. The first kappa shape index (κ1) is 18.3. The van der Waals surface area contributed by atoms with E-state index in [1.165, 1.54) is 0 Å². The zero-order chi connectivity index (χ0) is 17.4. The maximum absolute atomic E-state index is 11.9. The summed E-state index contributed by atoms with van der Waals surface area (Å²) in [5.74, 6) is -0.155. The van der Waals surface area contributed by atoms with Crippen LogP contribution in [0.4, 0.5) is 0 Å². The summed E-state index contributed by atoms with van der Waals surface area (Å²) in [5, 5.41) is 11.8. The Balaban J connectivity index is 1.55. The molecule has 6 nitrogen and oxygen atoms in total. The minimum atomic E-state index is -0.729. The Kier molecular flexibility index (Phi) is 7.06. The Morgan fingerprint density at radius 2 is 2.08 bits per heavy atom. The lowest BCUT2D eigenvalue weighted by Gasteiger charge is -2.29. The molecule has 1 saturated heterocycles. The number of carboxylic acid groups (broad SMARTS) is 1. The van der Waals surface area contributed by atoms with E-state index >= 15 is 0 Å². The van der Waals surface area contributed by atoms with Gasteiger partial charge in [-0.25, -0.2) is 0 Å². The van der Waals surface area contributed by atoms with E-state index in [1.54, 1.807) is 0 Å². The van der Waals surface area contributed by atoms with Gasteiger partial charge < -0.3 is 15.2 Å². The molecule has 0 radical (unpaired) electrons. The summed E-state index contributed by atoms with van der Waals surface area (Å²) >= 11 is 0. The van der Waals surface area contributed by atoms with Crippen LogP contribution < -0.4 is 10.1 Å². The first-order chi connectivity index (χ1) is 11.5. The molecule has 1 amide bonds. The van der Waals surface area contributed by atoms with E-state index in [9.17, 15) is 9.59 Å². The van der Waals surface area contributed by atoms with Crippen molar-refractivity contribution in [1.82, 2.24) is 10.2 Å². The fourth-order valence-electron chi connectivity index (χ4n) is 2.79. The first-order valence-electron chi connectivity index (χ1n) is 8.46. The second-order valence-corrected chi connectivity index (χ2v) is 6.26. The molecule has 0 saturated carbocycles. The molecule has 1 heterocycles. The molecule has 0 atom stereocenters. The van der Waals surface area contributed by atoms with Crippen LogP contribution in [0.1, 0.15) is 24.8 Å². The Labute approximate surface area is 142 Å². The topological polar surface area (TPSA) is 78.9 Å². The molecule has 1 aliphatic heterocycles. The largest absolute Gasteiger partial charge is 0.494 e. The number of amides is 1. The predicted octanol–water partition coefficient (Wildman–Crippen LogP) is 1.68. The van der Waals surface area contributed by atoms with Crippen LogP contribution in [0.2, 0.25) is 0 Å². The summed E-state index contributed by atoms with van der Waals surface area (Å²) in [7, 11) is 0. The molecule has 0 unspecified atom stereocenters. The molecular weight excluding hydrogens is 308 g/mol. The molecule has 0 aliphatic carbocycles. The lowest BCUT2D eigenvalue weighted by atomic mass is 9.97. The zero-order valence-corrected chi connectivity index (χ0v) is 14.2. The average Bonchev–Trinajstić information content (AvgIpc) is 2.55. The number of benzene rings is 1. The van der Waals surface area contributed by atoms with Gasteiger partial charge in [0.05, 0.1) is 19.1 Å². The molecule has 2 N–H and O–H groups in total. The molecule has 1 fully saturated rings. The number of nitrogens with zero attached hydrogens (tertiary/aromatic N) is 1. The minimum absolute atomic E-state index is 0.0145. The van der Waals surface area contributed by atoms with Gasteiger partial charge in [-0.15, -0.1) is 0 Å². The maximum Gasteiger partial charge on any atom is 0.306 e. The highest BCUT2D eigenvalue weighted by Gasteiger charge is 2.25. The van der Waals surface area contributed by atoms with Crippen LogP contribution in [-0.2, 0) is 9.59 Å². The minimum Gasteiger partial charge on any atom is -0.494 e. The summed E-state index contributed by atoms with van der Waals surface area (Å²) in [6.45, 7) is 4.84. The van der Waals surface area contributed by atoms with Gasteiger partial charge in [0, 0.05) is 6.54 Å². The van der Waals surface area contributed by atoms with E-state index in [2.05, 4.69) is 5.32 Å². The molecule has 132 valence electrons. The quantitative estimate of drug-likeness (QED) is 0.707. The van der Waals surface area contributed by atoms with Crippen molar-refractivity contribution < 1.29 is 19.4 Å². The number of hydrogen-bond donors (Lipinski definition) is 2. The number of piperidine rings is 1. The molecule has 0 spiro atoms. The first-order valence-corrected chi connectivity index (χ1v) is 8.46. The third-order valence-electron chi connectivity index (χ3n) is 4.21. The lowest BCUT2D eigenvalue weighted by molar-refractivity contribution is -0.143. The number of nitrogens with one attached hydrogen (secondary N) is 1. The smallest absolute Gasteiger partial charge is 0.306 e. The summed E-state index contributed by atoms with van der Waals surface area (Å²) in [4.78, 5) is 24.8. The van der Waals surface area contributed by atoms with Crippen molar-refractivity contribution in [1.29, 1.82) is 0 Å². The van der Waals surface area contributed by atoms with Crippen molar-refractivity contribution in [2.45, 2.75) is 26.2 Å². The predicted molar refractivity (Wildman–Crippen MR) is 91.1 cm³/mol. The van der Waals surface area contributed by atoms with E-state index in [0.29, 0.717) is 45.6 Å². The number of aryl methyl sites for hydroxylation is 1. The van der Waals surface area contributed by atoms with E-state index in [1.807, 2.05) is 36.1 Å². The highest BCUT2D eigenvalue weighted by molar-refractivity contribution is 5.78. The van der Waals surface area contributed by atoms with Crippen molar-refractivity contribution in [3.8, 4) is 5.75 Å². The van der Waals surface area contributed by atoms with Gasteiger partial charge in [-0.1, -0.05) is 12.1 Å². The molecule has 0 bridgehead atoms. The molecule has 6 heteroatoms. The van der Waals surface area contributed by atoms with Gasteiger partial charge in [0.1, 0.15) is 5.75 Å². The molecule has 1 aliphatic rings. The van der Waals surface area contributed by atoms with Crippen LogP contribution in [0.15, 0.2) is 24.3 Å². The Bertz CT molecular complexity index is 554. The molecule has 2 rings (SSSR count). The standard InChI is InChI=1S/C18H26N2O4/c1-14-4-2-5-16(12-14)24-11-3-8-19-17(21)13-20-9-6-15(7-10-20)18(22)23/h2,4-5,12,15H,3,6-11,13H2,1H3,(H,19,21)(H,22,23). The third kappa shape index (κ3) is 6.20. The number of rotatable bonds is 8. The summed E-state index contributed by atoms with van der Waals surface area (Å²) in [6.07, 6.45) is 1.99. The van der Waals surface area contributed by atoms with Gasteiger partial charge in [-0.05, 0) is 57.0 Å². The summed E-state index contributed by atoms with van der Waals surface area (Å²) in [6, 6.07) is 7.89. The normalized spacial score (nSPS) is 15.9. The number of aliphatic carboxylic acids is 1. The van der Waals surface area contributed by atoms with Gasteiger partial charge in [0.25, 0.3) is 0 Å². The van der Waals surface area contributed by atoms with Gasteiger partial charge in [0.2, 0.25) is 5.91 Å². The van der Waals surface area contributed by atoms with Crippen LogP contribution in [0, 0.1) is 12.8 Å². The van der Waals surface area contributed by atoms with Crippen LogP contribution in [0.25, 0.3) is 0 Å². The van der Waals surface area contributed by atoms with Crippen LogP contribution in [0.5, 0.6) is 5.75 Å². The molecule has 1 aromatic rings.